The molecule has 0 aliphatic carbocycles. The summed E-state index contributed by atoms with van der Waals surface area (Å²) in [5.41, 5.74) is 8.00. The molecule has 1 aromatic heterocycles. The number of hydrogen-bond donors (Lipinski definition) is 1. The van der Waals surface area contributed by atoms with Gasteiger partial charge in [0.15, 0.2) is 9.84 Å². The third-order valence-electron chi connectivity index (χ3n) is 3.61. The van der Waals surface area contributed by atoms with Crippen molar-refractivity contribution >= 4 is 15.7 Å². The lowest BCUT2D eigenvalue weighted by atomic mass is 10.1. The normalized spacial score (nSPS) is 23.6. The summed E-state index contributed by atoms with van der Waals surface area (Å²) in [6.07, 6.45) is 2.65. The molecule has 2 rings (SSSR count). The number of pyridine rings is 1. The molecule has 1 aliphatic rings. The number of sulfone groups is 1. The van der Waals surface area contributed by atoms with Crippen LogP contribution in [0.3, 0.4) is 0 Å². The Bertz CT molecular complexity index is 584. The van der Waals surface area contributed by atoms with Gasteiger partial charge in [0.2, 0.25) is 0 Å². The van der Waals surface area contributed by atoms with E-state index in [0.717, 1.165) is 23.4 Å². The Morgan fingerprint density at radius 2 is 2.25 bits per heavy atom. The van der Waals surface area contributed by atoms with E-state index in [0.29, 0.717) is 6.54 Å². The molecule has 0 aromatic carbocycles. The van der Waals surface area contributed by atoms with Crippen molar-refractivity contribution in [2.24, 2.45) is 5.73 Å². The Hall–Kier alpha value is -1.14. The molecule has 0 amide bonds. The molecule has 20 heavy (non-hydrogen) atoms. The average molecular weight is 297 g/mol. The maximum atomic E-state index is 11.6. The number of aromatic nitrogens is 1. The first-order valence-corrected chi connectivity index (χ1v) is 8.79. The van der Waals surface area contributed by atoms with E-state index in [1.54, 1.807) is 0 Å². The number of anilines is 1. The van der Waals surface area contributed by atoms with Gasteiger partial charge in [-0.3, -0.25) is 0 Å². The van der Waals surface area contributed by atoms with Crippen LogP contribution >= 0.6 is 0 Å². The number of nitrogens with two attached hydrogens (primary N) is 1. The summed E-state index contributed by atoms with van der Waals surface area (Å²) < 4.78 is 23.3. The van der Waals surface area contributed by atoms with E-state index in [-0.39, 0.29) is 23.6 Å². The van der Waals surface area contributed by atoms with Crippen LogP contribution in [0, 0.1) is 6.92 Å². The van der Waals surface area contributed by atoms with Crippen molar-refractivity contribution in [1.29, 1.82) is 0 Å². The Morgan fingerprint density at radius 3 is 2.80 bits per heavy atom. The summed E-state index contributed by atoms with van der Waals surface area (Å²) in [7, 11) is -2.90. The molecule has 1 saturated heterocycles. The Kier molecular flexibility index (Phi) is 4.34. The van der Waals surface area contributed by atoms with Gasteiger partial charge in [-0.15, -0.1) is 0 Å². The van der Waals surface area contributed by atoms with Crippen LogP contribution < -0.4 is 10.6 Å². The van der Waals surface area contributed by atoms with Gasteiger partial charge in [-0.25, -0.2) is 13.4 Å². The second kappa shape index (κ2) is 5.69. The number of hydrogen-bond acceptors (Lipinski definition) is 5. The molecule has 112 valence electrons. The lowest BCUT2D eigenvalue weighted by molar-refractivity contribution is 0.566. The zero-order valence-corrected chi connectivity index (χ0v) is 13.2. The predicted octanol–water partition coefficient (Wildman–Crippen LogP) is 0.903. The molecular weight excluding hydrogens is 274 g/mol. The molecule has 0 saturated carbocycles. The summed E-state index contributed by atoms with van der Waals surface area (Å²) in [5, 5.41) is 0. The molecule has 0 spiro atoms. The minimum Gasteiger partial charge on any atom is -0.352 e. The Morgan fingerprint density at radius 1 is 1.55 bits per heavy atom. The molecule has 1 aromatic rings. The highest BCUT2D eigenvalue weighted by atomic mass is 32.2. The van der Waals surface area contributed by atoms with Crippen molar-refractivity contribution in [2.75, 3.05) is 23.0 Å². The van der Waals surface area contributed by atoms with Gasteiger partial charge in [-0.05, 0) is 38.3 Å². The smallest absolute Gasteiger partial charge is 0.154 e. The summed E-state index contributed by atoms with van der Waals surface area (Å²) in [6, 6.07) is 2.18. The topological polar surface area (TPSA) is 76.3 Å². The van der Waals surface area contributed by atoms with Crippen LogP contribution in [0.2, 0.25) is 0 Å². The molecule has 5 nitrogen and oxygen atoms in total. The largest absolute Gasteiger partial charge is 0.352 e. The van der Waals surface area contributed by atoms with E-state index in [1.807, 2.05) is 27.0 Å². The van der Waals surface area contributed by atoms with Crippen molar-refractivity contribution in [1.82, 2.24) is 4.98 Å². The van der Waals surface area contributed by atoms with Crippen molar-refractivity contribution in [2.45, 2.75) is 39.3 Å². The van der Waals surface area contributed by atoms with E-state index in [9.17, 15) is 8.42 Å². The second-order valence-corrected chi connectivity index (χ2v) is 8.05. The van der Waals surface area contributed by atoms with Crippen LogP contribution in [0.1, 0.15) is 25.0 Å². The highest BCUT2D eigenvalue weighted by molar-refractivity contribution is 7.91. The maximum absolute atomic E-state index is 11.6. The number of rotatable bonds is 3. The molecule has 6 heteroatoms. The number of nitrogens with zero attached hydrogens (tertiary/aromatic N) is 2. The molecule has 0 radical (unpaired) electrons. The van der Waals surface area contributed by atoms with Crippen LogP contribution in [-0.2, 0) is 16.3 Å². The van der Waals surface area contributed by atoms with Crippen molar-refractivity contribution in [3.05, 3.63) is 23.4 Å². The van der Waals surface area contributed by atoms with Crippen molar-refractivity contribution in [3.8, 4) is 0 Å². The zero-order chi connectivity index (χ0) is 14.9. The average Bonchev–Trinajstić information content (AvgIpc) is 2.29. The van der Waals surface area contributed by atoms with Gasteiger partial charge in [0.1, 0.15) is 5.82 Å². The zero-order valence-electron chi connectivity index (χ0n) is 12.3. The minimum absolute atomic E-state index is 0.0285. The van der Waals surface area contributed by atoms with Gasteiger partial charge in [0, 0.05) is 24.8 Å². The Balaban J connectivity index is 2.21. The first-order valence-electron chi connectivity index (χ1n) is 6.96. The maximum Gasteiger partial charge on any atom is 0.154 e. The van der Waals surface area contributed by atoms with Crippen molar-refractivity contribution in [3.63, 3.8) is 0 Å². The van der Waals surface area contributed by atoms with Crippen LogP contribution in [0.15, 0.2) is 12.3 Å². The lowest BCUT2D eigenvalue weighted by Crippen LogP contribution is -2.47. The van der Waals surface area contributed by atoms with Gasteiger partial charge in [0.05, 0.1) is 11.5 Å². The third kappa shape index (κ3) is 3.49. The van der Waals surface area contributed by atoms with Gasteiger partial charge in [-0.2, -0.15) is 0 Å². The van der Waals surface area contributed by atoms with Gasteiger partial charge < -0.3 is 10.6 Å². The summed E-state index contributed by atoms with van der Waals surface area (Å²) in [5.74, 6) is 1.30. The van der Waals surface area contributed by atoms with Crippen LogP contribution in [0.4, 0.5) is 5.82 Å². The summed E-state index contributed by atoms with van der Waals surface area (Å²) >= 11 is 0. The fourth-order valence-electron chi connectivity index (χ4n) is 2.72. The van der Waals surface area contributed by atoms with E-state index in [1.165, 1.54) is 0 Å². The standard InChI is InChI=1S/C14H23N3O2S/c1-10-6-13(7-11(2)15)8-16-14(10)17-4-5-20(18,19)9-12(17)3/h6,8,11-12H,4-5,7,9,15H2,1-3H3. The molecule has 2 unspecified atom stereocenters. The first-order chi connectivity index (χ1) is 9.28. The fraction of sp³-hybridized carbons (Fsp3) is 0.643. The van der Waals surface area contributed by atoms with E-state index in [2.05, 4.69) is 16.0 Å². The molecule has 2 atom stereocenters. The van der Waals surface area contributed by atoms with E-state index >= 15 is 0 Å². The van der Waals surface area contributed by atoms with Crippen molar-refractivity contribution < 1.29 is 8.42 Å². The van der Waals surface area contributed by atoms with Gasteiger partial charge in [-0.1, -0.05) is 6.07 Å². The van der Waals surface area contributed by atoms with E-state index in [4.69, 9.17) is 5.73 Å². The monoisotopic (exact) mass is 297 g/mol. The molecule has 1 fully saturated rings. The molecule has 1 aliphatic heterocycles. The predicted molar refractivity (Wildman–Crippen MR) is 81.8 cm³/mol. The van der Waals surface area contributed by atoms with Crippen LogP contribution in [0.5, 0.6) is 0 Å². The molecular formula is C14H23N3O2S. The molecule has 0 bridgehead atoms. The second-order valence-electron chi connectivity index (χ2n) is 5.82. The summed E-state index contributed by atoms with van der Waals surface area (Å²) in [6.45, 7) is 6.45. The minimum atomic E-state index is -2.90. The van der Waals surface area contributed by atoms with Gasteiger partial charge >= 0.3 is 0 Å². The van der Waals surface area contributed by atoms with E-state index < -0.39 is 9.84 Å². The third-order valence-corrected chi connectivity index (χ3v) is 5.40. The van der Waals surface area contributed by atoms with Crippen LogP contribution in [-0.4, -0.2) is 43.5 Å². The Labute approximate surface area is 121 Å². The molecule has 2 N–H and O–H groups in total. The summed E-state index contributed by atoms with van der Waals surface area (Å²) in [4.78, 5) is 6.62. The first kappa shape index (κ1) is 15.3. The number of aryl methyl sites for hydroxylation is 1. The highest BCUT2D eigenvalue weighted by Gasteiger charge is 2.29. The van der Waals surface area contributed by atoms with Crippen LogP contribution in [0.25, 0.3) is 0 Å². The van der Waals surface area contributed by atoms with Gasteiger partial charge in [0.25, 0.3) is 0 Å². The highest BCUT2D eigenvalue weighted by Crippen LogP contribution is 2.23. The lowest BCUT2D eigenvalue weighted by Gasteiger charge is -2.35. The SMILES string of the molecule is Cc1cc(CC(C)N)cnc1N1CCS(=O)(=O)CC1C. The quantitative estimate of drug-likeness (QED) is 0.897. The fourth-order valence-corrected chi connectivity index (χ4v) is 4.28. The molecule has 2 heterocycles.